The van der Waals surface area contributed by atoms with Gasteiger partial charge >= 0.3 is 0 Å². The summed E-state index contributed by atoms with van der Waals surface area (Å²) in [7, 11) is 0. The average molecular weight is 412 g/mol. The van der Waals surface area contributed by atoms with Crippen molar-refractivity contribution in [2.45, 2.75) is 18.9 Å². The lowest BCUT2D eigenvalue weighted by Crippen LogP contribution is -2.47. The molecule has 1 atom stereocenters. The van der Waals surface area contributed by atoms with E-state index in [1.807, 2.05) is 0 Å². The van der Waals surface area contributed by atoms with Crippen molar-refractivity contribution in [1.29, 1.82) is 0 Å². The van der Waals surface area contributed by atoms with Gasteiger partial charge in [0.25, 0.3) is 5.69 Å². The predicted molar refractivity (Wildman–Crippen MR) is 99.9 cm³/mol. The van der Waals surface area contributed by atoms with E-state index in [9.17, 15) is 19.6 Å². The summed E-state index contributed by atoms with van der Waals surface area (Å²) in [5.74, 6) is -1.24. The van der Waals surface area contributed by atoms with Gasteiger partial charge in [-0.05, 0) is 18.8 Å². The maximum absolute atomic E-state index is 14.1. The number of benzene rings is 1. The Morgan fingerprint density at radius 3 is 2.46 bits per heavy atom. The number of nitro benzene ring substituents is 1. The molecule has 7 nitrogen and oxygen atoms in total. The van der Waals surface area contributed by atoms with Crippen molar-refractivity contribution in [2.75, 3.05) is 39.4 Å². The lowest BCUT2D eigenvalue weighted by molar-refractivity contribution is -0.385. The topological polar surface area (TPSA) is 87.9 Å². The second kappa shape index (κ2) is 10.2. The van der Waals surface area contributed by atoms with Gasteiger partial charge in [0.2, 0.25) is 0 Å². The van der Waals surface area contributed by atoms with Gasteiger partial charge < -0.3 is 15.2 Å². The van der Waals surface area contributed by atoms with Crippen molar-refractivity contribution in [3.8, 4) is 5.75 Å². The number of piperazine rings is 1. The van der Waals surface area contributed by atoms with Crippen LogP contribution in [0.5, 0.6) is 5.75 Å². The summed E-state index contributed by atoms with van der Waals surface area (Å²) in [6.07, 6.45) is 1.58. The summed E-state index contributed by atoms with van der Waals surface area (Å²) < 4.78 is 19.5. The van der Waals surface area contributed by atoms with Crippen LogP contribution in [0.25, 0.3) is 0 Å². The van der Waals surface area contributed by atoms with Crippen LogP contribution in [0.2, 0.25) is 0 Å². The highest BCUT2D eigenvalue weighted by atomic mass is 35.5. The van der Waals surface area contributed by atoms with E-state index >= 15 is 0 Å². The quantitative estimate of drug-likeness (QED) is 0.584. The fourth-order valence-corrected chi connectivity index (χ4v) is 3.68. The fourth-order valence-electron chi connectivity index (χ4n) is 3.68. The Labute approximate surface area is 163 Å². The zero-order valence-corrected chi connectivity index (χ0v) is 15.9. The number of nitro groups is 1. The molecule has 1 aromatic rings. The average Bonchev–Trinajstić information content (AvgIpc) is 2.60. The number of halogens is 3. The van der Waals surface area contributed by atoms with Crippen molar-refractivity contribution >= 4 is 30.5 Å². The summed E-state index contributed by atoms with van der Waals surface area (Å²) in [6, 6.07) is 1.85. The monoisotopic (exact) mass is 411 g/mol. The van der Waals surface area contributed by atoms with E-state index in [1.165, 1.54) is 6.07 Å². The number of nitrogens with zero attached hydrogens (tertiary/aromatic N) is 2. The van der Waals surface area contributed by atoms with Gasteiger partial charge in [-0.3, -0.25) is 15.0 Å². The van der Waals surface area contributed by atoms with E-state index in [-0.39, 0.29) is 42.5 Å². The molecular formula is C16H24Cl2FN3O4. The van der Waals surface area contributed by atoms with Gasteiger partial charge in [-0.25, -0.2) is 4.39 Å². The van der Waals surface area contributed by atoms with Crippen molar-refractivity contribution in [1.82, 2.24) is 10.2 Å². The first-order chi connectivity index (χ1) is 11.6. The summed E-state index contributed by atoms with van der Waals surface area (Å²) in [5.41, 5.74) is -0.0111. The smallest absolute Gasteiger partial charge is 0.272 e. The molecule has 2 aliphatic heterocycles. The normalized spacial score (nSPS) is 19.9. The number of rotatable bonds is 4. The van der Waals surface area contributed by atoms with Crippen LogP contribution in [-0.2, 0) is 4.74 Å². The fraction of sp³-hybridized carbons (Fsp3) is 0.625. The van der Waals surface area contributed by atoms with Gasteiger partial charge in [0.1, 0.15) is 0 Å². The number of aromatic hydroxyl groups is 1. The summed E-state index contributed by atoms with van der Waals surface area (Å²) in [5, 5.41) is 24.6. The summed E-state index contributed by atoms with van der Waals surface area (Å²) in [4.78, 5) is 12.7. The van der Waals surface area contributed by atoms with Crippen LogP contribution in [0.1, 0.15) is 24.4 Å². The van der Waals surface area contributed by atoms with E-state index in [2.05, 4.69) is 10.2 Å². The van der Waals surface area contributed by atoms with E-state index in [0.717, 1.165) is 45.1 Å². The molecule has 148 valence electrons. The van der Waals surface area contributed by atoms with Crippen molar-refractivity contribution in [3.05, 3.63) is 33.6 Å². The molecule has 2 N–H and O–H groups in total. The van der Waals surface area contributed by atoms with Crippen molar-refractivity contribution < 1.29 is 19.2 Å². The summed E-state index contributed by atoms with van der Waals surface area (Å²) >= 11 is 0. The zero-order chi connectivity index (χ0) is 17.1. The Morgan fingerprint density at radius 1 is 1.27 bits per heavy atom. The number of hydrogen-bond donors (Lipinski definition) is 2. The predicted octanol–water partition coefficient (Wildman–Crippen LogP) is 2.66. The van der Waals surface area contributed by atoms with E-state index in [1.54, 1.807) is 0 Å². The second-order valence-corrected chi connectivity index (χ2v) is 6.30. The third kappa shape index (κ3) is 4.95. The van der Waals surface area contributed by atoms with Crippen LogP contribution in [0.15, 0.2) is 12.1 Å². The molecule has 3 rings (SSSR count). The van der Waals surface area contributed by atoms with Gasteiger partial charge in [-0.15, -0.1) is 24.8 Å². The highest BCUT2D eigenvalue weighted by Crippen LogP contribution is 2.41. The van der Waals surface area contributed by atoms with E-state index < -0.39 is 16.5 Å². The van der Waals surface area contributed by atoms with Gasteiger partial charge in [0.05, 0.1) is 11.0 Å². The third-order valence-electron chi connectivity index (χ3n) is 4.86. The van der Waals surface area contributed by atoms with Crippen LogP contribution in [-0.4, -0.2) is 54.3 Å². The summed E-state index contributed by atoms with van der Waals surface area (Å²) in [6.45, 7) is 4.35. The molecule has 0 aliphatic carbocycles. The van der Waals surface area contributed by atoms with Gasteiger partial charge in [-0.1, -0.05) is 0 Å². The molecule has 2 fully saturated rings. The molecule has 26 heavy (non-hydrogen) atoms. The van der Waals surface area contributed by atoms with E-state index in [0.29, 0.717) is 18.8 Å². The Hall–Kier alpha value is -1.19. The molecule has 1 aromatic carbocycles. The maximum Gasteiger partial charge on any atom is 0.272 e. The highest BCUT2D eigenvalue weighted by molar-refractivity contribution is 5.85. The van der Waals surface area contributed by atoms with Crippen LogP contribution in [0, 0.1) is 21.8 Å². The first-order valence-corrected chi connectivity index (χ1v) is 8.27. The van der Waals surface area contributed by atoms with Crippen LogP contribution in [0.4, 0.5) is 10.1 Å². The lowest BCUT2D eigenvalue weighted by Gasteiger charge is -2.41. The Bertz CT molecular complexity index is 593. The van der Waals surface area contributed by atoms with Crippen LogP contribution < -0.4 is 5.32 Å². The molecule has 0 bridgehead atoms. The number of hydrogen-bond acceptors (Lipinski definition) is 6. The number of phenolic OH excluding ortho intramolecular Hbond substituents is 1. The zero-order valence-electron chi connectivity index (χ0n) is 14.2. The standard InChI is InChI=1S/C16H22FN3O4.2ClH/c17-14-10-12(20(22)23)9-13(16(14)21)15(11-1-7-24-8-2-11)19-5-3-18-4-6-19;;/h9-11,15,18,21H,1-8H2;2*1H/t15-;;/m0../s1. The molecule has 0 saturated carbocycles. The molecule has 0 spiro atoms. The molecule has 2 aliphatic rings. The lowest BCUT2D eigenvalue weighted by atomic mass is 9.85. The van der Waals surface area contributed by atoms with Gasteiger partial charge in [0.15, 0.2) is 11.6 Å². The van der Waals surface area contributed by atoms with Crippen molar-refractivity contribution in [3.63, 3.8) is 0 Å². The maximum atomic E-state index is 14.1. The van der Waals surface area contributed by atoms with Gasteiger partial charge in [-0.2, -0.15) is 0 Å². The highest BCUT2D eigenvalue weighted by Gasteiger charge is 2.34. The molecular weight excluding hydrogens is 388 g/mol. The van der Waals surface area contributed by atoms with Gasteiger partial charge in [0, 0.05) is 57.1 Å². The first kappa shape index (κ1) is 22.9. The molecule has 2 saturated heterocycles. The minimum Gasteiger partial charge on any atom is -0.505 e. The number of non-ortho nitro benzene ring substituents is 1. The molecule has 2 heterocycles. The van der Waals surface area contributed by atoms with E-state index in [4.69, 9.17) is 4.74 Å². The number of nitrogens with one attached hydrogen (secondary N) is 1. The Balaban J connectivity index is 0.00000169. The minimum atomic E-state index is -0.939. The largest absolute Gasteiger partial charge is 0.505 e. The second-order valence-electron chi connectivity index (χ2n) is 6.30. The number of ether oxygens (including phenoxy) is 1. The molecule has 0 unspecified atom stereocenters. The molecule has 0 aromatic heterocycles. The molecule has 10 heteroatoms. The Morgan fingerprint density at radius 2 is 1.88 bits per heavy atom. The first-order valence-electron chi connectivity index (χ1n) is 8.27. The third-order valence-corrected chi connectivity index (χ3v) is 4.86. The molecule has 0 radical (unpaired) electrons. The number of phenols is 1. The minimum absolute atomic E-state index is 0. The SMILES string of the molecule is Cl.Cl.O=[N+]([O-])c1cc(F)c(O)c([C@H](C2CCOCC2)N2CCNCC2)c1. The van der Waals surface area contributed by atoms with Crippen LogP contribution >= 0.6 is 24.8 Å². The Kier molecular flexibility index (Phi) is 8.99. The molecule has 0 amide bonds. The van der Waals surface area contributed by atoms with Crippen LogP contribution in [0.3, 0.4) is 0 Å². The van der Waals surface area contributed by atoms with Crippen molar-refractivity contribution in [2.24, 2.45) is 5.92 Å².